The minimum Gasteiger partial charge on any atom is -0.300 e. The molecule has 3 fully saturated rings. The van der Waals surface area contributed by atoms with E-state index in [4.69, 9.17) is 0 Å². The molecule has 0 bridgehead atoms. The SMILES string of the molecule is C[C@]12CCC(=O)C[C@@H]1CC[C@@H]1[C@@H]2CC[C@]2(C)C(c3cccnc3)=CC[C@@H]12. The molecule has 5 rings (SSSR count). The van der Waals surface area contributed by atoms with Crippen molar-refractivity contribution in [2.45, 2.75) is 65.2 Å². The van der Waals surface area contributed by atoms with Gasteiger partial charge in [-0.1, -0.05) is 26.0 Å². The molecule has 0 radical (unpaired) electrons. The van der Waals surface area contributed by atoms with Gasteiger partial charge >= 0.3 is 0 Å². The predicted molar refractivity (Wildman–Crippen MR) is 104 cm³/mol. The second-order valence-corrected chi connectivity index (χ2v) is 9.95. The third kappa shape index (κ3) is 2.23. The van der Waals surface area contributed by atoms with Crippen molar-refractivity contribution < 1.29 is 4.79 Å². The summed E-state index contributed by atoms with van der Waals surface area (Å²) in [5.74, 6) is 3.63. The van der Waals surface area contributed by atoms with Crippen LogP contribution in [0.4, 0.5) is 0 Å². The highest BCUT2D eigenvalue weighted by atomic mass is 16.1. The standard InChI is InChI=1S/C24H31NO/c1-23-11-9-18(26)14-17(23)5-6-19-21-8-7-20(16-4-3-13-25-15-16)24(21,2)12-10-22(19)23/h3-4,7,13,15,17,19,21-22H,5-6,8-12,14H2,1-2H3/t17-,19-,21-,22-,23-,24+/m0/s1. The van der Waals surface area contributed by atoms with E-state index in [9.17, 15) is 4.79 Å². The van der Waals surface area contributed by atoms with Crippen molar-refractivity contribution in [3.63, 3.8) is 0 Å². The van der Waals surface area contributed by atoms with Crippen LogP contribution in [0.1, 0.15) is 70.8 Å². The summed E-state index contributed by atoms with van der Waals surface area (Å²) >= 11 is 0. The number of hydrogen-bond acceptors (Lipinski definition) is 2. The van der Waals surface area contributed by atoms with Crippen LogP contribution in [0.15, 0.2) is 30.6 Å². The Morgan fingerprint density at radius 1 is 1.12 bits per heavy atom. The lowest BCUT2D eigenvalue weighted by molar-refractivity contribution is -0.136. The van der Waals surface area contributed by atoms with E-state index in [0.29, 0.717) is 22.5 Å². The zero-order valence-corrected chi connectivity index (χ0v) is 16.2. The number of allylic oxidation sites excluding steroid dienone is 2. The highest BCUT2D eigenvalue weighted by Crippen LogP contribution is 2.67. The minimum absolute atomic E-state index is 0.317. The first kappa shape index (κ1) is 16.7. The molecule has 0 N–H and O–H groups in total. The van der Waals surface area contributed by atoms with Gasteiger partial charge in [0.15, 0.2) is 0 Å². The molecule has 0 spiro atoms. The first-order valence-electron chi connectivity index (χ1n) is 10.6. The van der Waals surface area contributed by atoms with E-state index in [2.05, 4.69) is 43.2 Å². The fraction of sp³-hybridized carbons (Fsp3) is 0.667. The van der Waals surface area contributed by atoms with Gasteiger partial charge in [0.2, 0.25) is 0 Å². The highest BCUT2D eigenvalue weighted by molar-refractivity contribution is 5.79. The molecule has 1 aromatic heterocycles. The second kappa shape index (κ2) is 5.78. The lowest BCUT2D eigenvalue weighted by atomic mass is 9.44. The van der Waals surface area contributed by atoms with Crippen molar-refractivity contribution in [2.75, 3.05) is 0 Å². The van der Waals surface area contributed by atoms with Crippen molar-refractivity contribution in [3.8, 4) is 0 Å². The van der Waals surface area contributed by atoms with Crippen LogP contribution in [-0.4, -0.2) is 10.8 Å². The van der Waals surface area contributed by atoms with Gasteiger partial charge in [0.25, 0.3) is 0 Å². The molecule has 26 heavy (non-hydrogen) atoms. The minimum atomic E-state index is 0.317. The summed E-state index contributed by atoms with van der Waals surface area (Å²) in [7, 11) is 0. The van der Waals surface area contributed by atoms with Crippen LogP contribution >= 0.6 is 0 Å². The van der Waals surface area contributed by atoms with Gasteiger partial charge in [-0.3, -0.25) is 9.78 Å². The number of Topliss-reactive ketones (excluding diaryl/α,β-unsaturated/α-hetero) is 1. The van der Waals surface area contributed by atoms with E-state index in [-0.39, 0.29) is 0 Å². The van der Waals surface area contributed by atoms with Crippen LogP contribution in [-0.2, 0) is 4.79 Å². The Labute approximate surface area is 157 Å². The van der Waals surface area contributed by atoms with Crippen LogP contribution in [0.3, 0.4) is 0 Å². The highest BCUT2D eigenvalue weighted by Gasteiger charge is 2.58. The number of fused-ring (bicyclic) bond motifs is 5. The molecule has 0 amide bonds. The van der Waals surface area contributed by atoms with Crippen LogP contribution in [0, 0.1) is 34.5 Å². The number of ketones is 1. The molecular weight excluding hydrogens is 318 g/mol. The topological polar surface area (TPSA) is 30.0 Å². The van der Waals surface area contributed by atoms with E-state index in [1.165, 1.54) is 37.7 Å². The molecule has 0 aliphatic heterocycles. The molecule has 0 unspecified atom stereocenters. The zero-order chi connectivity index (χ0) is 17.9. The van der Waals surface area contributed by atoms with Crippen molar-refractivity contribution in [1.29, 1.82) is 0 Å². The van der Waals surface area contributed by atoms with Gasteiger partial charge < -0.3 is 0 Å². The lowest BCUT2D eigenvalue weighted by Crippen LogP contribution is -2.53. The molecule has 138 valence electrons. The molecule has 0 aromatic carbocycles. The quantitative estimate of drug-likeness (QED) is 0.652. The second-order valence-electron chi connectivity index (χ2n) is 9.95. The number of carbonyl (C=O) groups is 1. The first-order chi connectivity index (χ1) is 12.5. The lowest BCUT2D eigenvalue weighted by Gasteiger charge is -2.60. The Balaban J connectivity index is 1.45. The number of hydrogen-bond donors (Lipinski definition) is 0. The molecule has 1 heterocycles. The maximum absolute atomic E-state index is 12.0. The largest absolute Gasteiger partial charge is 0.300 e. The van der Waals surface area contributed by atoms with Crippen molar-refractivity contribution in [3.05, 3.63) is 36.2 Å². The fourth-order valence-corrected chi connectivity index (χ4v) is 7.58. The van der Waals surface area contributed by atoms with Gasteiger partial charge in [-0.25, -0.2) is 0 Å². The van der Waals surface area contributed by atoms with Gasteiger partial charge in [0, 0.05) is 25.2 Å². The summed E-state index contributed by atoms with van der Waals surface area (Å²) < 4.78 is 0. The van der Waals surface area contributed by atoms with Crippen LogP contribution < -0.4 is 0 Å². The van der Waals surface area contributed by atoms with E-state index >= 15 is 0 Å². The summed E-state index contributed by atoms with van der Waals surface area (Å²) in [6.07, 6.45) is 15.8. The van der Waals surface area contributed by atoms with Crippen molar-refractivity contribution in [1.82, 2.24) is 4.98 Å². The molecule has 1 aromatic rings. The van der Waals surface area contributed by atoms with Crippen molar-refractivity contribution in [2.24, 2.45) is 34.5 Å². The number of pyridine rings is 1. The van der Waals surface area contributed by atoms with Crippen LogP contribution in [0.25, 0.3) is 5.57 Å². The van der Waals surface area contributed by atoms with Gasteiger partial charge in [-0.05, 0) is 90.2 Å². The molecular formula is C24H31NO. The third-order valence-electron chi connectivity index (χ3n) is 9.04. The van der Waals surface area contributed by atoms with E-state index in [0.717, 1.165) is 37.0 Å². The molecule has 6 atom stereocenters. The van der Waals surface area contributed by atoms with E-state index in [1.54, 1.807) is 5.57 Å². The first-order valence-corrected chi connectivity index (χ1v) is 10.6. The monoisotopic (exact) mass is 349 g/mol. The average Bonchev–Trinajstić information content (AvgIpc) is 3.00. The average molecular weight is 350 g/mol. The molecule has 4 aliphatic carbocycles. The van der Waals surface area contributed by atoms with E-state index < -0.39 is 0 Å². The van der Waals surface area contributed by atoms with Gasteiger partial charge in [0.1, 0.15) is 5.78 Å². The maximum atomic E-state index is 12.0. The Hall–Kier alpha value is -1.44. The fourth-order valence-electron chi connectivity index (χ4n) is 7.58. The number of aromatic nitrogens is 1. The number of nitrogens with zero attached hydrogens (tertiary/aromatic N) is 1. The van der Waals surface area contributed by atoms with Gasteiger partial charge in [-0.15, -0.1) is 0 Å². The number of carbonyl (C=O) groups excluding carboxylic acids is 1. The van der Waals surface area contributed by atoms with Crippen molar-refractivity contribution >= 4 is 11.4 Å². The summed E-state index contributed by atoms with van der Waals surface area (Å²) in [4.78, 5) is 16.4. The van der Waals surface area contributed by atoms with Gasteiger partial charge in [-0.2, -0.15) is 0 Å². The van der Waals surface area contributed by atoms with Crippen LogP contribution in [0.2, 0.25) is 0 Å². The zero-order valence-electron chi connectivity index (χ0n) is 16.2. The summed E-state index contributed by atoms with van der Waals surface area (Å²) in [6.45, 7) is 5.06. The summed E-state index contributed by atoms with van der Waals surface area (Å²) in [5, 5.41) is 0. The summed E-state index contributed by atoms with van der Waals surface area (Å²) in [6, 6.07) is 4.31. The molecule has 2 heteroatoms. The molecule has 4 aliphatic rings. The Morgan fingerprint density at radius 2 is 2.00 bits per heavy atom. The Kier molecular flexibility index (Phi) is 3.71. The Morgan fingerprint density at radius 3 is 2.81 bits per heavy atom. The predicted octanol–water partition coefficient (Wildman–Crippen LogP) is 5.69. The van der Waals surface area contributed by atoms with Gasteiger partial charge in [0.05, 0.1) is 0 Å². The summed E-state index contributed by atoms with van der Waals surface area (Å²) in [5.41, 5.74) is 3.62. The molecule has 3 saturated carbocycles. The Bertz CT molecular complexity index is 753. The molecule has 0 saturated heterocycles. The normalized spacial score (nSPS) is 44.7. The van der Waals surface area contributed by atoms with E-state index in [1.807, 2.05) is 6.20 Å². The molecule has 2 nitrogen and oxygen atoms in total. The van der Waals surface area contributed by atoms with Crippen LogP contribution in [0.5, 0.6) is 0 Å². The maximum Gasteiger partial charge on any atom is 0.133 e. The number of rotatable bonds is 1. The smallest absolute Gasteiger partial charge is 0.133 e. The third-order valence-corrected chi connectivity index (χ3v) is 9.04.